The summed E-state index contributed by atoms with van der Waals surface area (Å²) in [7, 11) is 0. The Morgan fingerprint density at radius 1 is 1.32 bits per heavy atom. The Kier molecular flexibility index (Phi) is 5.08. The van der Waals surface area contributed by atoms with Crippen molar-refractivity contribution in [3.05, 3.63) is 24.3 Å². The van der Waals surface area contributed by atoms with Gasteiger partial charge in [-0.05, 0) is 58.7 Å². The van der Waals surface area contributed by atoms with E-state index in [4.69, 9.17) is 4.74 Å². The summed E-state index contributed by atoms with van der Waals surface area (Å²) in [4.78, 5) is 0. The van der Waals surface area contributed by atoms with E-state index in [-0.39, 0.29) is 6.10 Å². The van der Waals surface area contributed by atoms with Crippen molar-refractivity contribution in [2.75, 3.05) is 11.9 Å². The summed E-state index contributed by atoms with van der Waals surface area (Å²) in [5.74, 6) is 0.948. The summed E-state index contributed by atoms with van der Waals surface area (Å²) in [5, 5.41) is 7.13. The lowest BCUT2D eigenvalue weighted by Gasteiger charge is -2.22. The second-order valence-corrected chi connectivity index (χ2v) is 5.74. The third-order valence-electron chi connectivity index (χ3n) is 3.45. The smallest absolute Gasteiger partial charge is 0.142 e. The van der Waals surface area contributed by atoms with Crippen LogP contribution in [0.3, 0.4) is 0 Å². The maximum Gasteiger partial charge on any atom is 0.142 e. The zero-order valence-corrected chi connectivity index (χ0v) is 12.3. The Labute approximate surface area is 116 Å². The monoisotopic (exact) mass is 262 g/mol. The number of ether oxygens (including phenoxy) is 1. The van der Waals surface area contributed by atoms with Gasteiger partial charge in [-0.2, -0.15) is 0 Å². The molecule has 0 aliphatic carbocycles. The maximum atomic E-state index is 5.84. The van der Waals surface area contributed by atoms with Crippen LogP contribution in [0, 0.1) is 0 Å². The van der Waals surface area contributed by atoms with Crippen LogP contribution in [0.4, 0.5) is 5.69 Å². The molecule has 1 saturated heterocycles. The van der Waals surface area contributed by atoms with E-state index in [1.54, 1.807) is 0 Å². The van der Waals surface area contributed by atoms with Crippen molar-refractivity contribution in [2.45, 2.75) is 58.2 Å². The number of para-hydroxylation sites is 2. The highest BCUT2D eigenvalue weighted by atomic mass is 16.5. The van der Waals surface area contributed by atoms with Gasteiger partial charge in [-0.15, -0.1) is 0 Å². The van der Waals surface area contributed by atoms with Gasteiger partial charge in [0.2, 0.25) is 0 Å². The van der Waals surface area contributed by atoms with Gasteiger partial charge in [0.25, 0.3) is 0 Å². The fourth-order valence-electron chi connectivity index (χ4n) is 2.65. The molecular weight excluding hydrogens is 236 g/mol. The molecule has 3 heteroatoms. The average molecular weight is 262 g/mol. The third-order valence-corrected chi connectivity index (χ3v) is 3.45. The van der Waals surface area contributed by atoms with Crippen LogP contribution >= 0.6 is 0 Å². The lowest BCUT2D eigenvalue weighted by Crippen LogP contribution is -2.29. The van der Waals surface area contributed by atoms with Gasteiger partial charge in [-0.25, -0.2) is 0 Å². The van der Waals surface area contributed by atoms with E-state index in [1.165, 1.54) is 19.4 Å². The first-order chi connectivity index (χ1) is 9.15. The number of nitrogens with one attached hydrogen (secondary N) is 2. The Hall–Kier alpha value is -1.22. The van der Waals surface area contributed by atoms with Crippen molar-refractivity contribution in [3.63, 3.8) is 0 Å². The number of hydrogen-bond acceptors (Lipinski definition) is 3. The van der Waals surface area contributed by atoms with Gasteiger partial charge in [0.15, 0.2) is 0 Å². The van der Waals surface area contributed by atoms with Crippen LogP contribution in [-0.4, -0.2) is 24.7 Å². The molecule has 0 bridgehead atoms. The van der Waals surface area contributed by atoms with Gasteiger partial charge in [-0.1, -0.05) is 12.1 Å². The van der Waals surface area contributed by atoms with Gasteiger partial charge in [-0.3, -0.25) is 0 Å². The molecule has 2 unspecified atom stereocenters. The van der Waals surface area contributed by atoms with E-state index in [2.05, 4.69) is 43.5 Å². The van der Waals surface area contributed by atoms with E-state index in [0.717, 1.165) is 17.9 Å². The summed E-state index contributed by atoms with van der Waals surface area (Å²) in [6, 6.07) is 9.31. The summed E-state index contributed by atoms with van der Waals surface area (Å²) in [6.45, 7) is 7.53. The topological polar surface area (TPSA) is 33.3 Å². The first kappa shape index (κ1) is 14.2. The Balaban J connectivity index is 1.93. The van der Waals surface area contributed by atoms with E-state index in [1.807, 2.05) is 12.1 Å². The second-order valence-electron chi connectivity index (χ2n) is 5.74. The molecule has 0 radical (unpaired) electrons. The van der Waals surface area contributed by atoms with E-state index < -0.39 is 0 Å². The van der Waals surface area contributed by atoms with Crippen LogP contribution in [0.1, 0.15) is 40.0 Å². The van der Waals surface area contributed by atoms with Crippen molar-refractivity contribution in [1.29, 1.82) is 0 Å². The lowest BCUT2D eigenvalue weighted by atomic mass is 10.1. The Bertz CT molecular complexity index is 386. The van der Waals surface area contributed by atoms with Gasteiger partial charge >= 0.3 is 0 Å². The van der Waals surface area contributed by atoms with E-state index in [0.29, 0.717) is 12.1 Å². The minimum absolute atomic E-state index is 0.203. The van der Waals surface area contributed by atoms with Crippen molar-refractivity contribution in [1.82, 2.24) is 5.32 Å². The first-order valence-electron chi connectivity index (χ1n) is 7.40. The first-order valence-corrected chi connectivity index (χ1v) is 7.40. The van der Waals surface area contributed by atoms with Crippen molar-refractivity contribution >= 4 is 5.69 Å². The molecule has 0 amide bonds. The second kappa shape index (κ2) is 6.80. The normalized spacial score (nSPS) is 20.5. The predicted molar refractivity (Wildman–Crippen MR) is 80.9 cm³/mol. The number of hydrogen-bond donors (Lipinski definition) is 2. The third kappa shape index (κ3) is 4.43. The van der Waals surface area contributed by atoms with E-state index >= 15 is 0 Å². The van der Waals surface area contributed by atoms with Gasteiger partial charge in [0, 0.05) is 12.1 Å². The van der Waals surface area contributed by atoms with Crippen LogP contribution in [0.5, 0.6) is 5.75 Å². The molecule has 3 nitrogen and oxygen atoms in total. The standard InChI is InChI=1S/C16H26N2O/c1-12(2)19-16-9-5-4-8-15(16)18-13(3)11-14-7-6-10-17-14/h4-5,8-9,12-14,17-18H,6-7,10-11H2,1-3H3. The van der Waals surface area contributed by atoms with Crippen LogP contribution < -0.4 is 15.4 Å². The highest BCUT2D eigenvalue weighted by Crippen LogP contribution is 2.26. The van der Waals surface area contributed by atoms with Crippen LogP contribution in [-0.2, 0) is 0 Å². The van der Waals surface area contributed by atoms with Gasteiger partial charge in [0.1, 0.15) is 5.75 Å². The molecule has 1 aromatic carbocycles. The van der Waals surface area contributed by atoms with Crippen LogP contribution in [0.25, 0.3) is 0 Å². The van der Waals surface area contributed by atoms with Crippen molar-refractivity contribution in [2.24, 2.45) is 0 Å². The largest absolute Gasteiger partial charge is 0.489 e. The maximum absolute atomic E-state index is 5.84. The molecule has 1 aromatic rings. The molecule has 1 fully saturated rings. The summed E-state index contributed by atoms with van der Waals surface area (Å²) < 4.78 is 5.84. The van der Waals surface area contributed by atoms with Crippen LogP contribution in [0.2, 0.25) is 0 Å². The molecule has 1 aliphatic heterocycles. The molecule has 0 spiro atoms. The Morgan fingerprint density at radius 2 is 2.11 bits per heavy atom. The minimum Gasteiger partial charge on any atom is -0.489 e. The molecule has 1 heterocycles. The molecule has 106 valence electrons. The fraction of sp³-hybridized carbons (Fsp3) is 0.625. The minimum atomic E-state index is 0.203. The lowest BCUT2D eigenvalue weighted by molar-refractivity contribution is 0.243. The highest BCUT2D eigenvalue weighted by molar-refractivity contribution is 5.56. The van der Waals surface area contributed by atoms with Crippen molar-refractivity contribution < 1.29 is 4.74 Å². The zero-order valence-electron chi connectivity index (χ0n) is 12.3. The van der Waals surface area contributed by atoms with Gasteiger partial charge < -0.3 is 15.4 Å². The molecule has 2 rings (SSSR count). The molecule has 0 saturated carbocycles. The molecule has 19 heavy (non-hydrogen) atoms. The summed E-state index contributed by atoms with van der Waals surface area (Å²) in [6.07, 6.45) is 3.98. The summed E-state index contributed by atoms with van der Waals surface area (Å²) in [5.41, 5.74) is 1.10. The fourth-order valence-corrected chi connectivity index (χ4v) is 2.65. The molecule has 2 N–H and O–H groups in total. The number of anilines is 1. The molecular formula is C16H26N2O. The Morgan fingerprint density at radius 3 is 2.79 bits per heavy atom. The molecule has 2 atom stereocenters. The van der Waals surface area contributed by atoms with Crippen LogP contribution in [0.15, 0.2) is 24.3 Å². The van der Waals surface area contributed by atoms with Gasteiger partial charge in [0.05, 0.1) is 11.8 Å². The quantitative estimate of drug-likeness (QED) is 0.824. The van der Waals surface area contributed by atoms with Crippen molar-refractivity contribution in [3.8, 4) is 5.75 Å². The molecule has 0 aromatic heterocycles. The molecule has 1 aliphatic rings. The predicted octanol–water partition coefficient (Wildman–Crippen LogP) is 3.42. The van der Waals surface area contributed by atoms with E-state index in [9.17, 15) is 0 Å². The number of rotatable bonds is 6. The number of benzene rings is 1. The summed E-state index contributed by atoms with van der Waals surface area (Å²) >= 11 is 0. The average Bonchev–Trinajstić information content (AvgIpc) is 2.83. The zero-order chi connectivity index (χ0) is 13.7. The SMILES string of the molecule is CC(CC1CCCN1)Nc1ccccc1OC(C)C. The highest BCUT2D eigenvalue weighted by Gasteiger charge is 2.17.